The van der Waals surface area contributed by atoms with Gasteiger partial charge in [-0.3, -0.25) is 4.79 Å². The predicted octanol–water partition coefficient (Wildman–Crippen LogP) is 2.82. The number of nitrogens with zero attached hydrogens (tertiary/aromatic N) is 3. The lowest BCUT2D eigenvalue weighted by atomic mass is 10.2. The number of ether oxygens (including phenoxy) is 1. The van der Waals surface area contributed by atoms with Crippen LogP contribution < -0.4 is 4.74 Å². The number of carbonyl (C=O) groups is 1. The molecule has 0 atom stereocenters. The molecule has 3 rings (SSSR count). The van der Waals surface area contributed by atoms with Crippen molar-refractivity contribution in [1.29, 1.82) is 0 Å². The third-order valence-corrected chi connectivity index (χ3v) is 3.75. The number of benzene rings is 1. The third-order valence-electron chi connectivity index (χ3n) is 2.88. The van der Waals surface area contributed by atoms with Crippen LogP contribution in [0.15, 0.2) is 41.8 Å². The van der Waals surface area contributed by atoms with E-state index < -0.39 is 0 Å². The average Bonchev–Trinajstić information content (AvgIpc) is 3.15. The molecule has 2 heterocycles. The summed E-state index contributed by atoms with van der Waals surface area (Å²) in [5.74, 6) is 0.674. The number of rotatable bonds is 4. The summed E-state index contributed by atoms with van der Waals surface area (Å²) in [7, 11) is 1.60. The molecule has 0 bridgehead atoms. The molecule has 100 valence electrons. The van der Waals surface area contributed by atoms with Crippen molar-refractivity contribution < 1.29 is 9.53 Å². The summed E-state index contributed by atoms with van der Waals surface area (Å²) in [5.41, 5.74) is 1.75. The smallest absolute Gasteiger partial charge is 0.172 e. The maximum absolute atomic E-state index is 11.2. The first-order valence-corrected chi connectivity index (χ1v) is 6.81. The molecule has 0 saturated carbocycles. The minimum atomic E-state index is 0.318. The lowest BCUT2D eigenvalue weighted by molar-refractivity contribution is 0.111. The molecule has 0 spiro atoms. The van der Waals surface area contributed by atoms with E-state index >= 15 is 0 Å². The van der Waals surface area contributed by atoms with Crippen LogP contribution in [0.25, 0.3) is 16.3 Å². The number of carbonyl (C=O) groups excluding carboxylic acids is 1. The number of thiophene rings is 1. The van der Waals surface area contributed by atoms with Gasteiger partial charge < -0.3 is 4.74 Å². The Kier molecular flexibility index (Phi) is 3.30. The molecule has 0 unspecified atom stereocenters. The molecule has 20 heavy (non-hydrogen) atoms. The van der Waals surface area contributed by atoms with Gasteiger partial charge in [0.1, 0.15) is 17.1 Å². The molecule has 0 fully saturated rings. The van der Waals surface area contributed by atoms with Crippen molar-refractivity contribution in [1.82, 2.24) is 15.0 Å². The summed E-state index contributed by atoms with van der Waals surface area (Å²) in [5, 5.41) is 9.97. The molecule has 6 heteroatoms. The van der Waals surface area contributed by atoms with Gasteiger partial charge in [-0.15, -0.1) is 16.4 Å². The highest BCUT2D eigenvalue weighted by Gasteiger charge is 2.18. The highest BCUT2D eigenvalue weighted by Crippen LogP contribution is 2.31. The molecule has 3 aromatic rings. The predicted molar refractivity (Wildman–Crippen MR) is 76.6 cm³/mol. The minimum absolute atomic E-state index is 0.318. The van der Waals surface area contributed by atoms with Crippen molar-refractivity contribution in [3.05, 3.63) is 47.5 Å². The Bertz CT molecular complexity index is 735. The van der Waals surface area contributed by atoms with E-state index in [-0.39, 0.29) is 0 Å². The Morgan fingerprint density at radius 1 is 1.25 bits per heavy atom. The number of hydrogen-bond acceptors (Lipinski definition) is 5. The second kappa shape index (κ2) is 5.26. The zero-order valence-corrected chi connectivity index (χ0v) is 11.5. The molecule has 0 aliphatic carbocycles. The first-order valence-electron chi connectivity index (χ1n) is 5.93. The Labute approximate surface area is 119 Å². The van der Waals surface area contributed by atoms with Gasteiger partial charge in [0.25, 0.3) is 0 Å². The fraction of sp³-hybridized carbons (Fsp3) is 0.0714. The van der Waals surface area contributed by atoms with Gasteiger partial charge >= 0.3 is 0 Å². The van der Waals surface area contributed by atoms with Gasteiger partial charge in [-0.05, 0) is 23.6 Å². The highest BCUT2D eigenvalue weighted by molar-refractivity contribution is 7.13. The lowest BCUT2D eigenvalue weighted by Crippen LogP contribution is -2.01. The van der Waals surface area contributed by atoms with Crippen molar-refractivity contribution in [2.45, 2.75) is 0 Å². The Balaban J connectivity index is 2.25. The molecule has 0 aliphatic heterocycles. The minimum Gasteiger partial charge on any atom is -0.494 e. The summed E-state index contributed by atoms with van der Waals surface area (Å²) >= 11 is 1.53. The van der Waals surface area contributed by atoms with Crippen molar-refractivity contribution in [3.8, 4) is 22.0 Å². The van der Waals surface area contributed by atoms with Crippen LogP contribution in [0, 0.1) is 0 Å². The van der Waals surface area contributed by atoms with E-state index in [1.54, 1.807) is 11.8 Å². The van der Waals surface area contributed by atoms with Gasteiger partial charge in [-0.1, -0.05) is 23.4 Å². The number of para-hydroxylation sites is 2. The fourth-order valence-corrected chi connectivity index (χ4v) is 2.75. The molecular formula is C14H11N3O2S. The van der Waals surface area contributed by atoms with E-state index in [0.717, 1.165) is 10.6 Å². The van der Waals surface area contributed by atoms with Crippen LogP contribution >= 0.6 is 11.3 Å². The van der Waals surface area contributed by atoms with Gasteiger partial charge in [0.2, 0.25) is 0 Å². The van der Waals surface area contributed by atoms with Crippen LogP contribution in [0.5, 0.6) is 5.75 Å². The zero-order valence-electron chi connectivity index (χ0n) is 10.7. The maximum atomic E-state index is 11.2. The monoisotopic (exact) mass is 285 g/mol. The summed E-state index contributed by atoms with van der Waals surface area (Å²) in [6.45, 7) is 0. The number of hydrogen-bond donors (Lipinski definition) is 0. The van der Waals surface area contributed by atoms with Gasteiger partial charge in [0, 0.05) is 0 Å². The molecule has 0 radical (unpaired) electrons. The maximum Gasteiger partial charge on any atom is 0.172 e. The van der Waals surface area contributed by atoms with Crippen LogP contribution in [0.3, 0.4) is 0 Å². The quantitative estimate of drug-likeness (QED) is 0.692. The van der Waals surface area contributed by atoms with E-state index in [2.05, 4.69) is 10.3 Å². The fourth-order valence-electron chi connectivity index (χ4n) is 1.99. The second-order valence-electron chi connectivity index (χ2n) is 4.00. The summed E-state index contributed by atoms with van der Waals surface area (Å²) < 4.78 is 6.97. The Morgan fingerprint density at radius 2 is 2.10 bits per heavy atom. The van der Waals surface area contributed by atoms with Crippen molar-refractivity contribution in [2.24, 2.45) is 0 Å². The highest BCUT2D eigenvalue weighted by atomic mass is 32.1. The molecule has 1 aromatic carbocycles. The van der Waals surface area contributed by atoms with Gasteiger partial charge in [0.05, 0.1) is 12.0 Å². The molecule has 5 nitrogen and oxygen atoms in total. The van der Waals surface area contributed by atoms with Crippen LogP contribution in [0.1, 0.15) is 10.5 Å². The molecule has 0 amide bonds. The Hall–Kier alpha value is -2.47. The van der Waals surface area contributed by atoms with Gasteiger partial charge in [0.15, 0.2) is 12.0 Å². The standard InChI is InChI=1S/C14H11N3O2S/c1-19-12-6-3-2-5-11(12)17-14(10(9-18)15-16-17)13-7-4-8-20-13/h2-9H,1H3. The van der Waals surface area contributed by atoms with E-state index in [4.69, 9.17) is 4.74 Å². The van der Waals surface area contributed by atoms with Crippen LogP contribution in [0.4, 0.5) is 0 Å². The van der Waals surface area contributed by atoms with Crippen LogP contribution in [0.2, 0.25) is 0 Å². The van der Waals surface area contributed by atoms with Gasteiger partial charge in [-0.25, -0.2) is 4.68 Å². The molecule has 2 aromatic heterocycles. The SMILES string of the molecule is COc1ccccc1-n1nnc(C=O)c1-c1cccs1. The molecule has 0 saturated heterocycles. The van der Waals surface area contributed by atoms with Gasteiger partial charge in [-0.2, -0.15) is 0 Å². The number of methoxy groups -OCH3 is 1. The van der Waals surface area contributed by atoms with Crippen molar-refractivity contribution in [3.63, 3.8) is 0 Å². The topological polar surface area (TPSA) is 57.0 Å². The lowest BCUT2D eigenvalue weighted by Gasteiger charge is -2.09. The molecular weight excluding hydrogens is 274 g/mol. The van der Waals surface area contributed by atoms with Crippen molar-refractivity contribution >= 4 is 17.6 Å². The average molecular weight is 285 g/mol. The van der Waals surface area contributed by atoms with E-state index in [0.29, 0.717) is 23.4 Å². The van der Waals surface area contributed by atoms with Crippen LogP contribution in [-0.4, -0.2) is 28.4 Å². The Morgan fingerprint density at radius 3 is 2.80 bits per heavy atom. The first kappa shape index (κ1) is 12.6. The summed E-state index contributed by atoms with van der Waals surface area (Å²) in [6.07, 6.45) is 0.716. The third kappa shape index (κ3) is 2.00. The van der Waals surface area contributed by atoms with Crippen LogP contribution in [-0.2, 0) is 0 Å². The molecule has 0 N–H and O–H groups in total. The second-order valence-corrected chi connectivity index (χ2v) is 4.95. The van der Waals surface area contributed by atoms with E-state index in [1.807, 2.05) is 41.8 Å². The number of aromatic nitrogens is 3. The zero-order chi connectivity index (χ0) is 13.9. The summed E-state index contributed by atoms with van der Waals surface area (Å²) in [4.78, 5) is 12.1. The molecule has 0 aliphatic rings. The summed E-state index contributed by atoms with van der Waals surface area (Å²) in [6, 6.07) is 11.3. The largest absolute Gasteiger partial charge is 0.494 e. The van der Waals surface area contributed by atoms with Crippen molar-refractivity contribution in [2.75, 3.05) is 7.11 Å². The normalized spacial score (nSPS) is 10.4. The van der Waals surface area contributed by atoms with E-state index in [9.17, 15) is 4.79 Å². The van der Waals surface area contributed by atoms with E-state index in [1.165, 1.54) is 11.3 Å². The number of aldehydes is 1. The first-order chi connectivity index (χ1) is 9.85.